The molecule has 0 saturated carbocycles. The van der Waals surface area contributed by atoms with Gasteiger partial charge in [0.1, 0.15) is 0 Å². The zero-order valence-electron chi connectivity index (χ0n) is 13.8. The Morgan fingerprint density at radius 3 is 2.86 bits per heavy atom. The summed E-state index contributed by atoms with van der Waals surface area (Å²) in [5.74, 6) is 0. The Kier molecular flexibility index (Phi) is 8.44. The van der Waals surface area contributed by atoms with E-state index in [9.17, 15) is 0 Å². The van der Waals surface area contributed by atoms with Gasteiger partial charge in [-0.1, -0.05) is 62.1 Å². The van der Waals surface area contributed by atoms with Crippen molar-refractivity contribution < 1.29 is 0 Å². The number of allylic oxidation sites excluding steroid dienone is 14. The van der Waals surface area contributed by atoms with Crippen molar-refractivity contribution in [2.75, 3.05) is 0 Å². The van der Waals surface area contributed by atoms with Gasteiger partial charge in [-0.3, -0.25) is 0 Å². The van der Waals surface area contributed by atoms with Crippen LogP contribution in [-0.4, -0.2) is 0 Å². The van der Waals surface area contributed by atoms with Gasteiger partial charge >= 0.3 is 0 Å². The summed E-state index contributed by atoms with van der Waals surface area (Å²) >= 11 is 0. The summed E-state index contributed by atoms with van der Waals surface area (Å²) in [6, 6.07) is 0. The van der Waals surface area contributed by atoms with Crippen LogP contribution in [0.2, 0.25) is 0 Å². The molecule has 1 aliphatic rings. The van der Waals surface area contributed by atoms with Gasteiger partial charge in [0.25, 0.3) is 0 Å². The molecule has 0 aromatic carbocycles. The van der Waals surface area contributed by atoms with E-state index in [-0.39, 0.29) is 0 Å². The molecule has 2 N–H and O–H groups in total. The Morgan fingerprint density at radius 2 is 2.14 bits per heavy atom. The van der Waals surface area contributed by atoms with E-state index in [1.807, 2.05) is 6.08 Å². The molecular weight excluding hydrogens is 266 g/mol. The summed E-state index contributed by atoms with van der Waals surface area (Å²) in [7, 11) is 0. The van der Waals surface area contributed by atoms with E-state index < -0.39 is 0 Å². The van der Waals surface area contributed by atoms with Crippen LogP contribution in [0.5, 0.6) is 0 Å². The molecule has 1 rings (SSSR count). The van der Waals surface area contributed by atoms with Crippen LogP contribution in [0.1, 0.15) is 33.1 Å². The molecule has 0 bridgehead atoms. The van der Waals surface area contributed by atoms with Crippen molar-refractivity contribution in [1.29, 1.82) is 0 Å². The number of nitrogens with two attached hydrogens (primary N) is 1. The molecule has 1 heteroatoms. The second kappa shape index (κ2) is 10.4. The third kappa shape index (κ3) is 6.45. The van der Waals surface area contributed by atoms with Gasteiger partial charge in [-0.2, -0.15) is 0 Å². The number of hydrogen-bond donors (Lipinski definition) is 1. The second-order valence-electron chi connectivity index (χ2n) is 5.17. The highest BCUT2D eigenvalue weighted by atomic mass is 14.5. The first kappa shape index (κ1) is 17.8. The highest BCUT2D eigenvalue weighted by Crippen LogP contribution is 2.20. The van der Waals surface area contributed by atoms with E-state index in [2.05, 4.69) is 75.1 Å². The lowest BCUT2D eigenvalue weighted by Crippen LogP contribution is -1.89. The van der Waals surface area contributed by atoms with Crippen molar-refractivity contribution in [3.05, 3.63) is 95.8 Å². The average molecular weight is 293 g/mol. The monoisotopic (exact) mass is 293 g/mol. The van der Waals surface area contributed by atoms with E-state index in [0.29, 0.717) is 0 Å². The summed E-state index contributed by atoms with van der Waals surface area (Å²) in [4.78, 5) is 0. The quantitative estimate of drug-likeness (QED) is 0.474. The molecular formula is C21H27N. The first-order chi connectivity index (χ1) is 10.7. The Balaban J connectivity index is 2.93. The van der Waals surface area contributed by atoms with Gasteiger partial charge in [0, 0.05) is 0 Å². The smallest absolute Gasteiger partial charge is 0.00561 e. The third-order valence-corrected chi connectivity index (χ3v) is 3.39. The van der Waals surface area contributed by atoms with Crippen LogP contribution in [0.3, 0.4) is 0 Å². The molecule has 0 aromatic rings. The molecule has 0 spiro atoms. The van der Waals surface area contributed by atoms with Crippen LogP contribution in [0.15, 0.2) is 95.8 Å². The van der Waals surface area contributed by atoms with Gasteiger partial charge in [-0.05, 0) is 66.8 Å². The fourth-order valence-corrected chi connectivity index (χ4v) is 2.04. The molecule has 1 nitrogen and oxygen atoms in total. The van der Waals surface area contributed by atoms with Gasteiger partial charge in [-0.15, -0.1) is 0 Å². The molecule has 116 valence electrons. The molecule has 0 saturated heterocycles. The van der Waals surface area contributed by atoms with Crippen molar-refractivity contribution in [2.24, 2.45) is 5.73 Å². The fraction of sp³-hybridized carbons (Fsp3) is 0.238. The fourth-order valence-electron chi connectivity index (χ4n) is 2.04. The Hall–Kier alpha value is -2.28. The topological polar surface area (TPSA) is 26.0 Å². The Bertz CT molecular complexity index is 575. The average Bonchev–Trinajstić information content (AvgIpc) is 2.80. The maximum atomic E-state index is 5.60. The van der Waals surface area contributed by atoms with Gasteiger partial charge in [0.15, 0.2) is 0 Å². The minimum absolute atomic E-state index is 0.944. The number of hydrogen-bond acceptors (Lipinski definition) is 1. The van der Waals surface area contributed by atoms with E-state index in [1.54, 1.807) is 6.20 Å². The molecule has 0 aromatic heterocycles. The molecule has 0 radical (unpaired) electrons. The molecule has 0 fully saturated rings. The molecule has 0 heterocycles. The van der Waals surface area contributed by atoms with E-state index >= 15 is 0 Å². The standard InChI is InChI=1S/C21H27N/c1-4-5-6-9-12-18(2)19(3)17-21(15-16-22)20-13-10-7-8-11-14-20/h5-7,10-17H,3-4,8-9,22H2,1-2H3/b6-5-,16-15+,18-12?,21-17+. The lowest BCUT2D eigenvalue weighted by Gasteiger charge is -2.06. The lowest BCUT2D eigenvalue weighted by molar-refractivity contribution is 1.19. The molecule has 1 aliphatic carbocycles. The molecule has 0 unspecified atom stereocenters. The number of rotatable bonds is 7. The predicted octanol–water partition coefficient (Wildman–Crippen LogP) is 5.69. The van der Waals surface area contributed by atoms with Crippen LogP contribution in [0, 0.1) is 0 Å². The maximum Gasteiger partial charge on any atom is -0.00561 e. The highest BCUT2D eigenvalue weighted by Gasteiger charge is 2.01. The van der Waals surface area contributed by atoms with Crippen LogP contribution in [0.25, 0.3) is 0 Å². The van der Waals surface area contributed by atoms with Crippen molar-refractivity contribution in [1.82, 2.24) is 0 Å². The zero-order valence-corrected chi connectivity index (χ0v) is 13.8. The van der Waals surface area contributed by atoms with E-state index in [0.717, 1.165) is 36.0 Å². The summed E-state index contributed by atoms with van der Waals surface area (Å²) in [6.07, 6.45) is 25.7. The van der Waals surface area contributed by atoms with Crippen LogP contribution in [-0.2, 0) is 0 Å². The van der Waals surface area contributed by atoms with Gasteiger partial charge in [0.2, 0.25) is 0 Å². The van der Waals surface area contributed by atoms with Gasteiger partial charge in [-0.25, -0.2) is 0 Å². The first-order valence-corrected chi connectivity index (χ1v) is 7.83. The first-order valence-electron chi connectivity index (χ1n) is 7.83. The van der Waals surface area contributed by atoms with Crippen molar-refractivity contribution in [3.8, 4) is 0 Å². The second-order valence-corrected chi connectivity index (χ2v) is 5.17. The zero-order chi connectivity index (χ0) is 16.2. The van der Waals surface area contributed by atoms with Crippen molar-refractivity contribution in [3.63, 3.8) is 0 Å². The summed E-state index contributed by atoms with van der Waals surface area (Å²) in [6.45, 7) is 8.42. The molecule has 0 atom stereocenters. The van der Waals surface area contributed by atoms with E-state index in [1.165, 1.54) is 5.57 Å². The predicted molar refractivity (Wildman–Crippen MR) is 99.3 cm³/mol. The minimum atomic E-state index is 0.944. The largest absolute Gasteiger partial charge is 0.405 e. The molecule has 0 aliphatic heterocycles. The molecule has 0 amide bonds. The highest BCUT2D eigenvalue weighted by molar-refractivity contribution is 5.53. The third-order valence-electron chi connectivity index (χ3n) is 3.39. The van der Waals surface area contributed by atoms with Gasteiger partial charge in [0.05, 0.1) is 0 Å². The van der Waals surface area contributed by atoms with Gasteiger partial charge < -0.3 is 5.73 Å². The maximum absolute atomic E-state index is 5.60. The SMILES string of the molecule is C=C(/C=C(\C=C\N)C1=CC=CCC=C1)C(C)=CC/C=C\CC. The van der Waals surface area contributed by atoms with Crippen molar-refractivity contribution >= 4 is 0 Å². The van der Waals surface area contributed by atoms with Crippen LogP contribution >= 0.6 is 0 Å². The normalized spacial score (nSPS) is 16.4. The van der Waals surface area contributed by atoms with Crippen LogP contribution < -0.4 is 5.73 Å². The minimum Gasteiger partial charge on any atom is -0.405 e. The van der Waals surface area contributed by atoms with Crippen LogP contribution in [0.4, 0.5) is 0 Å². The van der Waals surface area contributed by atoms with Crippen molar-refractivity contribution in [2.45, 2.75) is 33.1 Å². The lowest BCUT2D eigenvalue weighted by atomic mass is 9.99. The summed E-state index contributed by atoms with van der Waals surface area (Å²) in [5.41, 5.74) is 10.0. The summed E-state index contributed by atoms with van der Waals surface area (Å²) < 4.78 is 0. The Morgan fingerprint density at radius 1 is 1.32 bits per heavy atom. The molecule has 22 heavy (non-hydrogen) atoms. The summed E-state index contributed by atoms with van der Waals surface area (Å²) in [5, 5.41) is 0. The van der Waals surface area contributed by atoms with E-state index in [4.69, 9.17) is 5.73 Å². The Labute approximate surface area is 135 Å².